The monoisotopic (exact) mass is 272 g/mol. The Morgan fingerprint density at radius 3 is 2.89 bits per heavy atom. The largest absolute Gasteiger partial charge is 0.350 e. The van der Waals surface area contributed by atoms with Crippen molar-refractivity contribution in [3.63, 3.8) is 0 Å². The smallest absolute Gasteiger partial charge is 0.329 e. The van der Waals surface area contributed by atoms with Crippen LogP contribution in [0, 0.1) is 10.1 Å². The lowest BCUT2D eigenvalue weighted by molar-refractivity contribution is -0.384. The van der Waals surface area contributed by atoms with E-state index < -0.39 is 4.92 Å². The highest BCUT2D eigenvalue weighted by molar-refractivity contribution is 7.98. The van der Waals surface area contributed by atoms with Gasteiger partial charge in [-0.05, 0) is 13.2 Å². The van der Waals surface area contributed by atoms with Crippen LogP contribution in [0.3, 0.4) is 0 Å². The number of nitro groups is 1. The molecule has 0 aliphatic heterocycles. The third-order valence-electron chi connectivity index (χ3n) is 2.48. The number of hydrazine groups is 1. The predicted molar refractivity (Wildman–Crippen MR) is 72.7 cm³/mol. The average Bonchev–Trinajstić information content (AvgIpc) is 2.37. The summed E-state index contributed by atoms with van der Waals surface area (Å²) in [7, 11) is 1.76. The molecule has 1 atom stereocenters. The van der Waals surface area contributed by atoms with Gasteiger partial charge < -0.3 is 4.90 Å². The van der Waals surface area contributed by atoms with E-state index in [2.05, 4.69) is 15.4 Å². The highest BCUT2D eigenvalue weighted by atomic mass is 32.2. The number of aromatic nitrogens is 2. The van der Waals surface area contributed by atoms with Crippen LogP contribution in [-0.2, 0) is 0 Å². The zero-order chi connectivity index (χ0) is 13.7. The topological polar surface area (TPSA) is 110 Å². The first-order valence-corrected chi connectivity index (χ1v) is 6.60. The molecule has 0 aliphatic rings. The van der Waals surface area contributed by atoms with Crippen LogP contribution in [0.1, 0.15) is 6.92 Å². The molecule has 0 spiro atoms. The van der Waals surface area contributed by atoms with E-state index in [1.165, 1.54) is 0 Å². The standard InChI is InChI=1S/C9H16N6O2S/c1-6(5-18-3)14(2)8-7(15(16)17)4-11-9(12-8)13-10/h4,6H,5,10H2,1-3H3,(H,11,12,13). The van der Waals surface area contributed by atoms with Gasteiger partial charge in [0.2, 0.25) is 11.8 Å². The number of rotatable bonds is 6. The second-order valence-electron chi connectivity index (χ2n) is 3.72. The Hall–Kier alpha value is -1.61. The van der Waals surface area contributed by atoms with E-state index >= 15 is 0 Å². The van der Waals surface area contributed by atoms with Crippen LogP contribution in [0.15, 0.2) is 6.20 Å². The first kappa shape index (κ1) is 14.5. The third-order valence-corrected chi connectivity index (χ3v) is 3.29. The molecule has 3 N–H and O–H groups in total. The third kappa shape index (κ3) is 3.20. The van der Waals surface area contributed by atoms with Gasteiger partial charge in [-0.1, -0.05) is 0 Å². The summed E-state index contributed by atoms with van der Waals surface area (Å²) in [6.07, 6.45) is 3.13. The number of hydrogen-bond donors (Lipinski definition) is 2. The molecule has 1 unspecified atom stereocenters. The highest BCUT2D eigenvalue weighted by Gasteiger charge is 2.23. The SMILES string of the molecule is CSCC(C)N(C)c1nc(NN)ncc1[N+](=O)[O-]. The molecular formula is C9H16N6O2S. The second kappa shape index (κ2) is 6.36. The normalized spacial score (nSPS) is 12.0. The van der Waals surface area contributed by atoms with Crippen molar-refractivity contribution >= 4 is 29.2 Å². The number of nitrogens with two attached hydrogens (primary N) is 1. The lowest BCUT2D eigenvalue weighted by Crippen LogP contribution is -2.32. The van der Waals surface area contributed by atoms with Crippen molar-refractivity contribution in [2.24, 2.45) is 5.84 Å². The first-order chi connectivity index (χ1) is 8.51. The highest BCUT2D eigenvalue weighted by Crippen LogP contribution is 2.26. The van der Waals surface area contributed by atoms with Gasteiger partial charge in [0.05, 0.1) is 4.92 Å². The lowest BCUT2D eigenvalue weighted by atomic mass is 10.3. The number of hydrogen-bond acceptors (Lipinski definition) is 8. The molecule has 0 amide bonds. The van der Waals surface area contributed by atoms with Gasteiger partial charge in [0.1, 0.15) is 6.20 Å². The molecule has 1 heterocycles. The van der Waals surface area contributed by atoms with Gasteiger partial charge in [0.15, 0.2) is 0 Å². The van der Waals surface area contributed by atoms with Crippen molar-refractivity contribution in [2.45, 2.75) is 13.0 Å². The molecule has 0 aromatic carbocycles. The molecule has 100 valence electrons. The van der Waals surface area contributed by atoms with Crippen molar-refractivity contribution in [1.82, 2.24) is 9.97 Å². The maximum Gasteiger partial charge on any atom is 0.329 e. The average molecular weight is 272 g/mol. The predicted octanol–water partition coefficient (Wildman–Crippen LogP) is 0.858. The van der Waals surface area contributed by atoms with Crippen LogP contribution < -0.4 is 16.2 Å². The van der Waals surface area contributed by atoms with Crippen molar-refractivity contribution in [3.8, 4) is 0 Å². The van der Waals surface area contributed by atoms with Gasteiger partial charge in [0.25, 0.3) is 0 Å². The fourth-order valence-corrected chi connectivity index (χ4v) is 2.09. The van der Waals surface area contributed by atoms with E-state index in [9.17, 15) is 10.1 Å². The van der Waals surface area contributed by atoms with Gasteiger partial charge >= 0.3 is 5.69 Å². The Bertz CT molecular complexity index is 430. The van der Waals surface area contributed by atoms with Gasteiger partial charge in [-0.3, -0.25) is 15.5 Å². The molecule has 1 aromatic heterocycles. The molecule has 1 aromatic rings. The van der Waals surface area contributed by atoms with Crippen LogP contribution in [-0.4, -0.2) is 40.0 Å². The minimum Gasteiger partial charge on any atom is -0.350 e. The summed E-state index contributed by atoms with van der Waals surface area (Å²) in [6.45, 7) is 1.97. The Morgan fingerprint density at radius 2 is 2.39 bits per heavy atom. The number of nitrogen functional groups attached to an aromatic ring is 1. The molecule has 0 saturated heterocycles. The minimum absolute atomic E-state index is 0.110. The zero-order valence-corrected chi connectivity index (χ0v) is 11.3. The van der Waals surface area contributed by atoms with Gasteiger partial charge in [0, 0.05) is 18.8 Å². The molecule has 9 heteroatoms. The van der Waals surface area contributed by atoms with Crippen molar-refractivity contribution in [1.29, 1.82) is 0 Å². The summed E-state index contributed by atoms with van der Waals surface area (Å²) < 4.78 is 0. The molecule has 0 saturated carbocycles. The Labute approximate surface area is 109 Å². The molecule has 0 bridgehead atoms. The van der Waals surface area contributed by atoms with Crippen molar-refractivity contribution in [2.75, 3.05) is 29.4 Å². The number of nitrogens with zero attached hydrogens (tertiary/aromatic N) is 4. The summed E-state index contributed by atoms with van der Waals surface area (Å²) >= 11 is 1.66. The van der Waals surface area contributed by atoms with E-state index in [4.69, 9.17) is 5.84 Å². The second-order valence-corrected chi connectivity index (χ2v) is 4.63. The van der Waals surface area contributed by atoms with Crippen molar-refractivity contribution < 1.29 is 4.92 Å². The Morgan fingerprint density at radius 1 is 1.72 bits per heavy atom. The maximum atomic E-state index is 10.9. The van der Waals surface area contributed by atoms with Crippen LogP contribution in [0.5, 0.6) is 0 Å². The molecule has 18 heavy (non-hydrogen) atoms. The molecule has 0 radical (unpaired) electrons. The zero-order valence-electron chi connectivity index (χ0n) is 10.5. The van der Waals surface area contributed by atoms with Gasteiger partial charge in [-0.2, -0.15) is 16.7 Å². The summed E-state index contributed by atoms with van der Waals surface area (Å²) in [5.74, 6) is 6.45. The molecular weight excluding hydrogens is 256 g/mol. The quantitative estimate of drug-likeness (QED) is 0.445. The Kier molecular flexibility index (Phi) is 5.10. The van der Waals surface area contributed by atoms with E-state index in [1.54, 1.807) is 23.7 Å². The van der Waals surface area contributed by atoms with Crippen molar-refractivity contribution in [3.05, 3.63) is 16.3 Å². The van der Waals surface area contributed by atoms with Gasteiger partial charge in [-0.25, -0.2) is 10.8 Å². The van der Waals surface area contributed by atoms with E-state index in [-0.39, 0.29) is 23.5 Å². The van der Waals surface area contributed by atoms with E-state index in [1.807, 2.05) is 13.2 Å². The number of nitrogens with one attached hydrogen (secondary N) is 1. The van der Waals surface area contributed by atoms with Crippen LogP contribution in [0.25, 0.3) is 0 Å². The summed E-state index contributed by atoms with van der Waals surface area (Å²) in [6, 6.07) is 0.110. The number of thioether (sulfide) groups is 1. The summed E-state index contributed by atoms with van der Waals surface area (Å²) in [5.41, 5.74) is 2.15. The molecule has 0 fully saturated rings. The first-order valence-electron chi connectivity index (χ1n) is 5.21. The van der Waals surface area contributed by atoms with Gasteiger partial charge in [-0.15, -0.1) is 0 Å². The minimum atomic E-state index is -0.502. The summed E-state index contributed by atoms with van der Waals surface area (Å²) in [5, 5.41) is 10.9. The number of anilines is 2. The van der Waals surface area contributed by atoms with E-state index in [0.717, 1.165) is 11.9 Å². The molecule has 0 aliphatic carbocycles. The van der Waals surface area contributed by atoms with E-state index in [0.29, 0.717) is 0 Å². The molecule has 8 nitrogen and oxygen atoms in total. The fraction of sp³-hybridized carbons (Fsp3) is 0.556. The van der Waals surface area contributed by atoms with Crippen LogP contribution >= 0.6 is 11.8 Å². The fourth-order valence-electron chi connectivity index (χ4n) is 1.39. The lowest BCUT2D eigenvalue weighted by Gasteiger charge is -2.24. The maximum absolute atomic E-state index is 10.9. The summed E-state index contributed by atoms with van der Waals surface area (Å²) in [4.78, 5) is 20.0. The van der Waals surface area contributed by atoms with Crippen LogP contribution in [0.2, 0.25) is 0 Å². The molecule has 1 rings (SSSR count). The Balaban J connectivity index is 3.14. The van der Waals surface area contributed by atoms with Crippen LogP contribution in [0.4, 0.5) is 17.5 Å².